The lowest BCUT2D eigenvalue weighted by atomic mass is 10.0. The Kier molecular flexibility index (Phi) is 5.08. The van der Waals surface area contributed by atoms with E-state index in [0.29, 0.717) is 6.54 Å². The van der Waals surface area contributed by atoms with Crippen molar-refractivity contribution in [3.05, 3.63) is 0 Å². The second kappa shape index (κ2) is 6.10. The Morgan fingerprint density at radius 2 is 2.25 bits per heavy atom. The minimum Gasteiger partial charge on any atom is -0.481 e. The van der Waals surface area contributed by atoms with E-state index in [4.69, 9.17) is 9.84 Å². The van der Waals surface area contributed by atoms with E-state index in [0.717, 1.165) is 6.42 Å². The van der Waals surface area contributed by atoms with Crippen molar-refractivity contribution >= 4 is 5.97 Å². The van der Waals surface area contributed by atoms with Crippen molar-refractivity contribution in [1.29, 1.82) is 0 Å². The van der Waals surface area contributed by atoms with E-state index in [-0.39, 0.29) is 19.8 Å². The molecule has 0 saturated carbocycles. The van der Waals surface area contributed by atoms with E-state index in [1.54, 1.807) is 0 Å². The smallest absolute Gasteiger partial charge is 0.310 e. The largest absolute Gasteiger partial charge is 0.481 e. The molecule has 1 aliphatic heterocycles. The molecule has 0 bridgehead atoms. The number of carboxylic acids is 1. The fourth-order valence-electron chi connectivity index (χ4n) is 2.00. The fourth-order valence-corrected chi connectivity index (χ4v) is 2.00. The molecule has 1 saturated heterocycles. The molecule has 6 heteroatoms. The topological polar surface area (TPSA) is 49.8 Å². The van der Waals surface area contributed by atoms with Crippen molar-refractivity contribution < 1.29 is 23.4 Å². The lowest BCUT2D eigenvalue weighted by molar-refractivity contribution is -0.143. The zero-order chi connectivity index (χ0) is 12.1. The number of rotatable bonds is 6. The van der Waals surface area contributed by atoms with E-state index < -0.39 is 24.4 Å². The highest BCUT2D eigenvalue weighted by molar-refractivity contribution is 5.71. The average Bonchev–Trinajstić information content (AvgIpc) is 2.64. The third-order valence-corrected chi connectivity index (χ3v) is 2.72. The van der Waals surface area contributed by atoms with Gasteiger partial charge >= 0.3 is 5.97 Å². The van der Waals surface area contributed by atoms with Gasteiger partial charge in [-0.2, -0.15) is 0 Å². The molecule has 0 aliphatic carbocycles. The summed E-state index contributed by atoms with van der Waals surface area (Å²) in [6.45, 7) is 2.31. The molecule has 94 valence electrons. The third kappa shape index (κ3) is 3.38. The SMILES string of the molecule is CCCN(CC(F)F)C1COCC1C(=O)O. The van der Waals surface area contributed by atoms with Gasteiger partial charge in [0.15, 0.2) is 0 Å². The molecule has 0 aromatic heterocycles. The van der Waals surface area contributed by atoms with Gasteiger partial charge in [-0.05, 0) is 13.0 Å². The number of alkyl halides is 2. The second-order valence-electron chi connectivity index (χ2n) is 3.94. The van der Waals surface area contributed by atoms with Gasteiger partial charge in [-0.15, -0.1) is 0 Å². The number of halogens is 2. The monoisotopic (exact) mass is 237 g/mol. The number of ether oxygens (including phenoxy) is 1. The lowest BCUT2D eigenvalue weighted by Gasteiger charge is -2.29. The molecule has 4 nitrogen and oxygen atoms in total. The predicted molar refractivity (Wildman–Crippen MR) is 53.6 cm³/mol. The summed E-state index contributed by atoms with van der Waals surface area (Å²) < 4.78 is 29.8. The summed E-state index contributed by atoms with van der Waals surface area (Å²) in [5, 5.41) is 8.94. The Labute approximate surface area is 93.2 Å². The third-order valence-electron chi connectivity index (χ3n) is 2.72. The zero-order valence-corrected chi connectivity index (χ0v) is 9.23. The van der Waals surface area contributed by atoms with Gasteiger partial charge in [0, 0.05) is 6.04 Å². The molecule has 2 atom stereocenters. The first-order valence-corrected chi connectivity index (χ1v) is 5.39. The van der Waals surface area contributed by atoms with Crippen LogP contribution in [0.2, 0.25) is 0 Å². The Bertz CT molecular complexity index is 238. The van der Waals surface area contributed by atoms with E-state index in [1.807, 2.05) is 6.92 Å². The molecule has 0 spiro atoms. The van der Waals surface area contributed by atoms with Gasteiger partial charge in [-0.3, -0.25) is 9.69 Å². The number of carboxylic acid groups (broad SMARTS) is 1. The van der Waals surface area contributed by atoms with Crippen LogP contribution in [0.3, 0.4) is 0 Å². The lowest BCUT2D eigenvalue weighted by Crippen LogP contribution is -2.45. The first-order chi connectivity index (χ1) is 7.56. The van der Waals surface area contributed by atoms with Gasteiger partial charge in [-0.25, -0.2) is 8.78 Å². The predicted octanol–water partition coefficient (Wildman–Crippen LogP) is 1.06. The van der Waals surface area contributed by atoms with Crippen molar-refractivity contribution in [3.63, 3.8) is 0 Å². The molecule has 1 N–H and O–H groups in total. The van der Waals surface area contributed by atoms with Gasteiger partial charge in [0.25, 0.3) is 6.43 Å². The Hall–Kier alpha value is -0.750. The summed E-state index contributed by atoms with van der Waals surface area (Å²) >= 11 is 0. The second-order valence-corrected chi connectivity index (χ2v) is 3.94. The zero-order valence-electron chi connectivity index (χ0n) is 9.23. The molecule has 0 aromatic rings. The van der Waals surface area contributed by atoms with Crippen LogP contribution in [0, 0.1) is 5.92 Å². The summed E-state index contributed by atoms with van der Waals surface area (Å²) in [7, 11) is 0. The van der Waals surface area contributed by atoms with Crippen molar-refractivity contribution in [1.82, 2.24) is 4.90 Å². The van der Waals surface area contributed by atoms with Crippen molar-refractivity contribution in [2.24, 2.45) is 5.92 Å². The summed E-state index contributed by atoms with van der Waals surface area (Å²) in [4.78, 5) is 12.4. The van der Waals surface area contributed by atoms with Crippen LogP contribution in [-0.2, 0) is 9.53 Å². The maximum absolute atomic E-state index is 12.4. The van der Waals surface area contributed by atoms with Gasteiger partial charge in [0.05, 0.1) is 25.7 Å². The van der Waals surface area contributed by atoms with Gasteiger partial charge < -0.3 is 9.84 Å². The highest BCUT2D eigenvalue weighted by Gasteiger charge is 2.38. The Balaban J connectivity index is 2.64. The standard InChI is InChI=1S/C10H17F2NO3/c1-2-3-13(4-9(11)12)8-6-16-5-7(8)10(14)15/h7-9H,2-6H2,1H3,(H,14,15). The van der Waals surface area contributed by atoms with Crippen LogP contribution >= 0.6 is 0 Å². The molecule has 1 heterocycles. The van der Waals surface area contributed by atoms with E-state index >= 15 is 0 Å². The minimum atomic E-state index is -2.44. The molecule has 1 aliphatic rings. The number of nitrogens with zero attached hydrogens (tertiary/aromatic N) is 1. The van der Waals surface area contributed by atoms with Crippen molar-refractivity contribution in [2.75, 3.05) is 26.3 Å². The van der Waals surface area contributed by atoms with Crippen LogP contribution < -0.4 is 0 Å². The van der Waals surface area contributed by atoms with E-state index in [9.17, 15) is 13.6 Å². The molecular weight excluding hydrogens is 220 g/mol. The summed E-state index contributed by atoms with van der Waals surface area (Å²) in [5.74, 6) is -1.66. The number of hydrogen-bond donors (Lipinski definition) is 1. The molecule has 16 heavy (non-hydrogen) atoms. The van der Waals surface area contributed by atoms with Crippen molar-refractivity contribution in [3.8, 4) is 0 Å². The first kappa shape index (κ1) is 13.3. The first-order valence-electron chi connectivity index (χ1n) is 5.39. The van der Waals surface area contributed by atoms with E-state index in [2.05, 4.69) is 0 Å². The minimum absolute atomic E-state index is 0.115. The fraction of sp³-hybridized carbons (Fsp3) is 0.900. The van der Waals surface area contributed by atoms with Crippen LogP contribution in [0.5, 0.6) is 0 Å². The molecule has 2 unspecified atom stereocenters. The maximum Gasteiger partial charge on any atom is 0.310 e. The highest BCUT2D eigenvalue weighted by Crippen LogP contribution is 2.21. The Morgan fingerprint density at radius 3 is 2.75 bits per heavy atom. The summed E-state index contributed by atoms with van der Waals surface area (Å²) in [6.07, 6.45) is -1.73. The summed E-state index contributed by atoms with van der Waals surface area (Å²) in [5.41, 5.74) is 0. The molecule has 0 amide bonds. The van der Waals surface area contributed by atoms with Crippen molar-refractivity contribution in [2.45, 2.75) is 25.8 Å². The molecule has 1 rings (SSSR count). The molecular formula is C10H17F2NO3. The molecule has 0 aromatic carbocycles. The van der Waals surface area contributed by atoms with Crippen LogP contribution in [0.4, 0.5) is 8.78 Å². The van der Waals surface area contributed by atoms with Gasteiger partial charge in [0.2, 0.25) is 0 Å². The average molecular weight is 237 g/mol. The number of aliphatic carboxylic acids is 1. The van der Waals surface area contributed by atoms with E-state index in [1.165, 1.54) is 4.90 Å². The summed E-state index contributed by atoms with van der Waals surface area (Å²) in [6, 6.07) is -0.425. The van der Waals surface area contributed by atoms with Gasteiger partial charge in [-0.1, -0.05) is 6.92 Å². The normalized spacial score (nSPS) is 25.6. The number of hydrogen-bond acceptors (Lipinski definition) is 3. The Morgan fingerprint density at radius 1 is 1.56 bits per heavy atom. The maximum atomic E-state index is 12.4. The van der Waals surface area contributed by atoms with Crippen LogP contribution in [-0.4, -0.2) is 54.7 Å². The van der Waals surface area contributed by atoms with Crippen LogP contribution in [0.25, 0.3) is 0 Å². The number of carbonyl (C=O) groups is 1. The molecule has 0 radical (unpaired) electrons. The molecule has 1 fully saturated rings. The highest BCUT2D eigenvalue weighted by atomic mass is 19.3. The van der Waals surface area contributed by atoms with Crippen LogP contribution in [0.1, 0.15) is 13.3 Å². The van der Waals surface area contributed by atoms with Crippen LogP contribution in [0.15, 0.2) is 0 Å². The van der Waals surface area contributed by atoms with Gasteiger partial charge in [0.1, 0.15) is 0 Å². The quantitative estimate of drug-likeness (QED) is 0.750.